The number of pyridine rings is 1. The fourth-order valence-electron chi connectivity index (χ4n) is 2.72. The molecular weight excluding hydrogens is 260 g/mol. The van der Waals surface area contributed by atoms with E-state index >= 15 is 0 Å². The van der Waals surface area contributed by atoms with Crippen LogP contribution in [0.15, 0.2) is 53.8 Å². The average molecular weight is 280 g/mol. The number of anilines is 1. The molecule has 4 heteroatoms. The summed E-state index contributed by atoms with van der Waals surface area (Å²) < 4.78 is 0. The molecule has 2 heterocycles. The molecule has 0 radical (unpaired) electrons. The van der Waals surface area contributed by atoms with Gasteiger partial charge in [-0.2, -0.15) is 0 Å². The molecule has 2 aromatic rings. The van der Waals surface area contributed by atoms with Crippen molar-refractivity contribution >= 4 is 11.6 Å². The van der Waals surface area contributed by atoms with Gasteiger partial charge in [-0.3, -0.25) is 9.98 Å². The van der Waals surface area contributed by atoms with Gasteiger partial charge in [-0.05, 0) is 36.1 Å². The standard InChI is InChI=1S/C17H20N4/c1-18-17(20-11-8-14-5-4-10-19-13-14)21-12-9-15-6-2-3-7-16(15)21/h2-7,10,13H,8-9,11-12H2,1H3,(H,18,20). The van der Waals surface area contributed by atoms with Gasteiger partial charge < -0.3 is 10.2 Å². The van der Waals surface area contributed by atoms with E-state index < -0.39 is 0 Å². The van der Waals surface area contributed by atoms with Crippen molar-refractivity contribution in [2.45, 2.75) is 12.8 Å². The highest BCUT2D eigenvalue weighted by Crippen LogP contribution is 2.27. The predicted molar refractivity (Wildman–Crippen MR) is 86.8 cm³/mol. The zero-order chi connectivity index (χ0) is 14.5. The Morgan fingerprint density at radius 1 is 1.29 bits per heavy atom. The quantitative estimate of drug-likeness (QED) is 0.692. The smallest absolute Gasteiger partial charge is 0.198 e. The summed E-state index contributed by atoms with van der Waals surface area (Å²) in [5.41, 5.74) is 3.90. The van der Waals surface area contributed by atoms with Crippen LogP contribution in [0.1, 0.15) is 11.1 Å². The van der Waals surface area contributed by atoms with Crippen molar-refractivity contribution in [3.05, 3.63) is 59.9 Å². The highest BCUT2D eigenvalue weighted by Gasteiger charge is 2.21. The van der Waals surface area contributed by atoms with Gasteiger partial charge in [0.25, 0.3) is 0 Å². The molecule has 3 rings (SSSR count). The minimum Gasteiger partial charge on any atom is -0.356 e. The summed E-state index contributed by atoms with van der Waals surface area (Å²) in [5, 5.41) is 3.45. The van der Waals surface area contributed by atoms with Gasteiger partial charge >= 0.3 is 0 Å². The Kier molecular flexibility index (Phi) is 4.15. The Labute approximate surface area is 125 Å². The van der Waals surface area contributed by atoms with Gasteiger partial charge in [0, 0.05) is 38.2 Å². The largest absolute Gasteiger partial charge is 0.356 e. The number of nitrogens with zero attached hydrogens (tertiary/aromatic N) is 3. The molecule has 0 fully saturated rings. The minimum atomic E-state index is 0.858. The summed E-state index contributed by atoms with van der Waals surface area (Å²) in [6, 6.07) is 12.6. The second kappa shape index (κ2) is 6.39. The molecular formula is C17H20N4. The van der Waals surface area contributed by atoms with Crippen LogP contribution in [0.3, 0.4) is 0 Å². The molecule has 108 valence electrons. The maximum Gasteiger partial charge on any atom is 0.198 e. The monoisotopic (exact) mass is 280 g/mol. The van der Waals surface area contributed by atoms with Gasteiger partial charge in [-0.15, -0.1) is 0 Å². The Balaban J connectivity index is 1.62. The summed E-state index contributed by atoms with van der Waals surface area (Å²) in [6.07, 6.45) is 5.74. The van der Waals surface area contributed by atoms with Crippen LogP contribution >= 0.6 is 0 Å². The molecule has 1 aliphatic rings. The van der Waals surface area contributed by atoms with Crippen molar-refractivity contribution in [3.8, 4) is 0 Å². The number of nitrogens with one attached hydrogen (secondary N) is 1. The fourth-order valence-corrected chi connectivity index (χ4v) is 2.72. The molecule has 1 N–H and O–H groups in total. The lowest BCUT2D eigenvalue weighted by molar-refractivity contribution is 0.834. The predicted octanol–water partition coefficient (Wildman–Crippen LogP) is 2.26. The van der Waals surface area contributed by atoms with Crippen LogP contribution in [0, 0.1) is 0 Å². The third-order valence-electron chi connectivity index (χ3n) is 3.77. The lowest BCUT2D eigenvalue weighted by Crippen LogP contribution is -2.41. The van der Waals surface area contributed by atoms with Gasteiger partial charge in [0.2, 0.25) is 0 Å². The highest BCUT2D eigenvalue weighted by atomic mass is 15.3. The molecule has 1 aromatic heterocycles. The van der Waals surface area contributed by atoms with Gasteiger partial charge in [-0.25, -0.2) is 0 Å². The van der Waals surface area contributed by atoms with E-state index in [2.05, 4.69) is 50.5 Å². The van der Waals surface area contributed by atoms with Crippen molar-refractivity contribution < 1.29 is 0 Å². The third kappa shape index (κ3) is 3.05. The average Bonchev–Trinajstić information content (AvgIpc) is 2.97. The zero-order valence-corrected chi connectivity index (χ0v) is 12.3. The van der Waals surface area contributed by atoms with Gasteiger partial charge in [0.15, 0.2) is 5.96 Å². The lowest BCUT2D eigenvalue weighted by Gasteiger charge is -2.22. The first-order valence-electron chi connectivity index (χ1n) is 7.33. The van der Waals surface area contributed by atoms with Gasteiger partial charge in [0.05, 0.1) is 0 Å². The first-order valence-corrected chi connectivity index (χ1v) is 7.33. The second-order valence-electron chi connectivity index (χ2n) is 5.12. The molecule has 1 aromatic carbocycles. The van der Waals surface area contributed by atoms with E-state index in [1.54, 1.807) is 6.20 Å². The molecule has 1 aliphatic heterocycles. The number of para-hydroxylation sites is 1. The van der Waals surface area contributed by atoms with E-state index in [0.717, 1.165) is 31.9 Å². The lowest BCUT2D eigenvalue weighted by atomic mass is 10.2. The van der Waals surface area contributed by atoms with E-state index in [-0.39, 0.29) is 0 Å². The summed E-state index contributed by atoms with van der Waals surface area (Å²) in [7, 11) is 1.84. The number of aromatic nitrogens is 1. The van der Waals surface area contributed by atoms with Crippen LogP contribution in [-0.4, -0.2) is 31.1 Å². The van der Waals surface area contributed by atoms with Crippen molar-refractivity contribution in [1.29, 1.82) is 0 Å². The van der Waals surface area contributed by atoms with Crippen LogP contribution < -0.4 is 10.2 Å². The van der Waals surface area contributed by atoms with Crippen LogP contribution in [-0.2, 0) is 12.8 Å². The number of aliphatic imine (C=N–C) groups is 1. The minimum absolute atomic E-state index is 0.858. The van der Waals surface area contributed by atoms with E-state index in [1.807, 2.05) is 19.3 Å². The van der Waals surface area contributed by atoms with Crippen LogP contribution in [0.25, 0.3) is 0 Å². The maximum atomic E-state index is 4.42. The Morgan fingerprint density at radius 3 is 3.00 bits per heavy atom. The van der Waals surface area contributed by atoms with Crippen LogP contribution in [0.5, 0.6) is 0 Å². The van der Waals surface area contributed by atoms with E-state index in [1.165, 1.54) is 16.8 Å². The number of hydrogen-bond donors (Lipinski definition) is 1. The molecule has 0 bridgehead atoms. The normalized spacial score (nSPS) is 14.1. The Hall–Kier alpha value is -2.36. The fraction of sp³-hybridized carbons (Fsp3) is 0.294. The molecule has 0 aliphatic carbocycles. The Morgan fingerprint density at radius 2 is 2.19 bits per heavy atom. The first kappa shape index (κ1) is 13.6. The first-order chi connectivity index (χ1) is 10.4. The van der Waals surface area contributed by atoms with Crippen LogP contribution in [0.2, 0.25) is 0 Å². The SMILES string of the molecule is CN=C(NCCc1cccnc1)N1CCc2ccccc21. The van der Waals surface area contributed by atoms with Crippen molar-refractivity contribution in [2.24, 2.45) is 4.99 Å². The maximum absolute atomic E-state index is 4.42. The number of guanidine groups is 1. The molecule has 0 atom stereocenters. The molecule has 0 spiro atoms. The molecule has 0 unspecified atom stereocenters. The van der Waals surface area contributed by atoms with Crippen molar-refractivity contribution in [2.75, 3.05) is 25.0 Å². The number of rotatable bonds is 3. The highest BCUT2D eigenvalue weighted by molar-refractivity contribution is 5.97. The Bertz CT molecular complexity index is 622. The zero-order valence-electron chi connectivity index (χ0n) is 12.3. The van der Waals surface area contributed by atoms with Crippen molar-refractivity contribution in [1.82, 2.24) is 10.3 Å². The van der Waals surface area contributed by atoms with E-state index in [0.29, 0.717) is 0 Å². The topological polar surface area (TPSA) is 40.5 Å². The molecule has 0 saturated carbocycles. The van der Waals surface area contributed by atoms with Crippen molar-refractivity contribution in [3.63, 3.8) is 0 Å². The summed E-state index contributed by atoms with van der Waals surface area (Å²) in [6.45, 7) is 1.85. The summed E-state index contributed by atoms with van der Waals surface area (Å²) >= 11 is 0. The van der Waals surface area contributed by atoms with Gasteiger partial charge in [-0.1, -0.05) is 24.3 Å². The third-order valence-corrected chi connectivity index (χ3v) is 3.77. The molecule has 0 amide bonds. The number of fused-ring (bicyclic) bond motifs is 1. The summed E-state index contributed by atoms with van der Waals surface area (Å²) in [4.78, 5) is 10.8. The second-order valence-corrected chi connectivity index (χ2v) is 5.12. The summed E-state index contributed by atoms with van der Waals surface area (Å²) in [5.74, 6) is 0.948. The number of benzene rings is 1. The number of hydrogen-bond acceptors (Lipinski definition) is 2. The van der Waals surface area contributed by atoms with E-state index in [4.69, 9.17) is 0 Å². The molecule has 4 nitrogen and oxygen atoms in total. The van der Waals surface area contributed by atoms with Crippen LogP contribution in [0.4, 0.5) is 5.69 Å². The molecule has 0 saturated heterocycles. The molecule has 21 heavy (non-hydrogen) atoms. The van der Waals surface area contributed by atoms with E-state index in [9.17, 15) is 0 Å². The van der Waals surface area contributed by atoms with Gasteiger partial charge in [0.1, 0.15) is 0 Å².